The normalized spacial score (nSPS) is 42.2. The van der Waals surface area contributed by atoms with Crippen LogP contribution in [0.25, 0.3) is 0 Å². The van der Waals surface area contributed by atoms with E-state index < -0.39 is 5.41 Å². The van der Waals surface area contributed by atoms with Gasteiger partial charge in [-0.2, -0.15) is 0 Å². The first-order valence-electron chi connectivity index (χ1n) is 8.92. The minimum atomic E-state index is -0.508. The van der Waals surface area contributed by atoms with E-state index >= 15 is 0 Å². The zero-order chi connectivity index (χ0) is 17.7. The lowest BCUT2D eigenvalue weighted by molar-refractivity contribution is -0.150. The van der Waals surface area contributed by atoms with Gasteiger partial charge in [0.1, 0.15) is 12.7 Å². The van der Waals surface area contributed by atoms with Gasteiger partial charge in [0.25, 0.3) is 0 Å². The molecular formula is C20H28O4. The molecule has 1 spiro atoms. The van der Waals surface area contributed by atoms with Crippen molar-refractivity contribution < 1.29 is 19.1 Å². The number of carbonyl (C=O) groups is 2. The second-order valence-electron chi connectivity index (χ2n) is 8.22. The lowest BCUT2D eigenvalue weighted by Crippen LogP contribution is -2.41. The summed E-state index contributed by atoms with van der Waals surface area (Å²) < 4.78 is 11.0. The highest BCUT2D eigenvalue weighted by atomic mass is 16.5. The van der Waals surface area contributed by atoms with Gasteiger partial charge in [0, 0.05) is 5.57 Å². The highest BCUT2D eigenvalue weighted by molar-refractivity contribution is 5.87. The van der Waals surface area contributed by atoms with Crippen LogP contribution in [0.1, 0.15) is 53.4 Å². The second-order valence-corrected chi connectivity index (χ2v) is 8.22. The molecule has 0 aromatic rings. The summed E-state index contributed by atoms with van der Waals surface area (Å²) in [6, 6.07) is 0. The standard InChI is InChI=1S/C20H28O4/c1-6-12(2)17(21)24-16-7-13(3)19(5)11-20(9-15(19)8-16)14(4)10-23-18(20)22/h6,13,15-16H,4,7-11H2,1-3,5H3/b12-6-/t13-,15+,16-,19+,20+/m1/s1. The zero-order valence-electron chi connectivity index (χ0n) is 15.2. The molecule has 3 rings (SSSR count). The fraction of sp³-hybridized carbons (Fsp3) is 0.700. The number of hydrogen-bond donors (Lipinski definition) is 0. The quantitative estimate of drug-likeness (QED) is 0.438. The molecule has 4 heteroatoms. The summed E-state index contributed by atoms with van der Waals surface area (Å²) in [6.45, 7) is 12.6. The Labute approximate surface area is 144 Å². The Bertz CT molecular complexity index is 601. The van der Waals surface area contributed by atoms with Crippen molar-refractivity contribution in [1.82, 2.24) is 0 Å². The molecule has 4 nitrogen and oxygen atoms in total. The van der Waals surface area contributed by atoms with Crippen LogP contribution in [0.3, 0.4) is 0 Å². The summed E-state index contributed by atoms with van der Waals surface area (Å²) in [6.07, 6.45) is 4.99. The largest absolute Gasteiger partial charge is 0.460 e. The number of rotatable bonds is 2. The topological polar surface area (TPSA) is 52.6 Å². The van der Waals surface area contributed by atoms with Crippen molar-refractivity contribution in [3.05, 3.63) is 23.8 Å². The third-order valence-corrected chi connectivity index (χ3v) is 6.97. The summed E-state index contributed by atoms with van der Waals surface area (Å²) in [5, 5.41) is 0. The van der Waals surface area contributed by atoms with E-state index in [0.717, 1.165) is 31.3 Å². The smallest absolute Gasteiger partial charge is 0.333 e. The van der Waals surface area contributed by atoms with E-state index in [1.54, 1.807) is 13.0 Å². The molecule has 3 fully saturated rings. The van der Waals surface area contributed by atoms with E-state index in [0.29, 0.717) is 24.0 Å². The molecule has 0 N–H and O–H groups in total. The Balaban J connectivity index is 1.79. The summed E-state index contributed by atoms with van der Waals surface area (Å²) in [4.78, 5) is 24.5. The molecule has 0 aromatic heterocycles. The Morgan fingerprint density at radius 2 is 2.12 bits per heavy atom. The van der Waals surface area contributed by atoms with E-state index in [1.807, 2.05) is 6.92 Å². The van der Waals surface area contributed by atoms with Gasteiger partial charge in [-0.25, -0.2) is 4.79 Å². The predicted molar refractivity (Wildman–Crippen MR) is 91.1 cm³/mol. The first-order valence-corrected chi connectivity index (χ1v) is 8.92. The van der Waals surface area contributed by atoms with Gasteiger partial charge in [-0.15, -0.1) is 0 Å². The minimum Gasteiger partial charge on any atom is -0.460 e. The van der Waals surface area contributed by atoms with E-state index in [1.165, 1.54) is 0 Å². The van der Waals surface area contributed by atoms with Crippen molar-refractivity contribution in [3.63, 3.8) is 0 Å². The van der Waals surface area contributed by atoms with Crippen LogP contribution < -0.4 is 0 Å². The second kappa shape index (κ2) is 5.75. The van der Waals surface area contributed by atoms with Crippen LogP contribution in [-0.2, 0) is 19.1 Å². The van der Waals surface area contributed by atoms with Crippen molar-refractivity contribution in [1.29, 1.82) is 0 Å². The molecule has 5 atom stereocenters. The van der Waals surface area contributed by atoms with Gasteiger partial charge in [0.05, 0.1) is 5.41 Å². The number of hydrogen-bond acceptors (Lipinski definition) is 4. The average Bonchev–Trinajstić information content (AvgIpc) is 2.99. The van der Waals surface area contributed by atoms with E-state index in [-0.39, 0.29) is 23.5 Å². The maximum atomic E-state index is 12.4. The molecular weight excluding hydrogens is 304 g/mol. The average molecular weight is 332 g/mol. The van der Waals surface area contributed by atoms with Crippen LogP contribution in [0.15, 0.2) is 23.8 Å². The van der Waals surface area contributed by atoms with E-state index in [2.05, 4.69) is 20.4 Å². The zero-order valence-corrected chi connectivity index (χ0v) is 15.2. The van der Waals surface area contributed by atoms with Crippen LogP contribution in [0.5, 0.6) is 0 Å². The maximum Gasteiger partial charge on any atom is 0.333 e. The van der Waals surface area contributed by atoms with Gasteiger partial charge >= 0.3 is 11.9 Å². The Hall–Kier alpha value is -1.58. The fourth-order valence-corrected chi connectivity index (χ4v) is 4.98. The van der Waals surface area contributed by atoms with Crippen molar-refractivity contribution in [2.45, 2.75) is 59.5 Å². The third kappa shape index (κ3) is 2.42. The molecule has 132 valence electrons. The first-order chi connectivity index (χ1) is 11.2. The number of cyclic esters (lactones) is 1. The van der Waals surface area contributed by atoms with Crippen LogP contribution in [0.4, 0.5) is 0 Å². The third-order valence-electron chi connectivity index (χ3n) is 6.97. The Kier molecular flexibility index (Phi) is 4.13. The summed E-state index contributed by atoms with van der Waals surface area (Å²) in [5.74, 6) is 0.414. The monoisotopic (exact) mass is 332 g/mol. The van der Waals surface area contributed by atoms with Crippen LogP contribution in [0, 0.1) is 22.7 Å². The van der Waals surface area contributed by atoms with Crippen LogP contribution >= 0.6 is 0 Å². The molecule has 2 aliphatic carbocycles. The lowest BCUT2D eigenvalue weighted by Gasteiger charge is -2.45. The molecule has 0 unspecified atom stereocenters. The molecule has 1 saturated heterocycles. The number of esters is 2. The number of allylic oxidation sites excluding steroid dienone is 1. The summed E-state index contributed by atoms with van der Waals surface area (Å²) >= 11 is 0. The number of fused-ring (bicyclic) bond motifs is 1. The molecule has 0 aromatic carbocycles. The highest BCUT2D eigenvalue weighted by Crippen LogP contribution is 2.65. The summed E-state index contributed by atoms with van der Waals surface area (Å²) in [7, 11) is 0. The Morgan fingerprint density at radius 3 is 2.71 bits per heavy atom. The molecule has 0 amide bonds. The van der Waals surface area contributed by atoms with Crippen LogP contribution in [0.2, 0.25) is 0 Å². The molecule has 2 saturated carbocycles. The molecule has 3 aliphatic rings. The van der Waals surface area contributed by atoms with Gasteiger partial charge in [-0.1, -0.05) is 26.5 Å². The first kappa shape index (κ1) is 17.2. The SMILES string of the molecule is C=C1COC(=O)[C@]12C[C@@H]1C[C@H](OC(=O)/C(C)=C\C)C[C@@H](C)[C@]1(C)C2. The van der Waals surface area contributed by atoms with Gasteiger partial charge < -0.3 is 9.47 Å². The van der Waals surface area contributed by atoms with Gasteiger partial charge in [0.2, 0.25) is 0 Å². The fourth-order valence-electron chi connectivity index (χ4n) is 4.98. The molecule has 1 heterocycles. The Morgan fingerprint density at radius 1 is 1.42 bits per heavy atom. The maximum absolute atomic E-state index is 12.4. The summed E-state index contributed by atoms with van der Waals surface area (Å²) in [5.41, 5.74) is 1.14. The highest BCUT2D eigenvalue weighted by Gasteiger charge is 2.63. The van der Waals surface area contributed by atoms with Gasteiger partial charge in [0.15, 0.2) is 0 Å². The number of carbonyl (C=O) groups excluding carboxylic acids is 2. The van der Waals surface area contributed by atoms with Crippen LogP contribution in [-0.4, -0.2) is 24.6 Å². The lowest BCUT2D eigenvalue weighted by atomic mass is 9.62. The minimum absolute atomic E-state index is 0.0682. The molecule has 0 radical (unpaired) electrons. The van der Waals surface area contributed by atoms with E-state index in [4.69, 9.17) is 9.47 Å². The number of ether oxygens (including phenoxy) is 2. The van der Waals surface area contributed by atoms with Crippen molar-refractivity contribution in [2.24, 2.45) is 22.7 Å². The molecule has 24 heavy (non-hydrogen) atoms. The van der Waals surface area contributed by atoms with Crippen molar-refractivity contribution in [2.75, 3.05) is 6.61 Å². The van der Waals surface area contributed by atoms with Crippen molar-refractivity contribution >= 4 is 11.9 Å². The van der Waals surface area contributed by atoms with Crippen molar-refractivity contribution in [3.8, 4) is 0 Å². The van der Waals surface area contributed by atoms with Gasteiger partial charge in [-0.05, 0) is 62.4 Å². The van der Waals surface area contributed by atoms with E-state index in [9.17, 15) is 9.59 Å². The predicted octanol–water partition coefficient (Wildman–Crippen LogP) is 3.81. The van der Waals surface area contributed by atoms with Gasteiger partial charge in [-0.3, -0.25) is 4.79 Å². The molecule has 0 bridgehead atoms. The molecule has 1 aliphatic heterocycles.